The van der Waals surface area contributed by atoms with Gasteiger partial charge in [-0.1, -0.05) is 0 Å². The van der Waals surface area contributed by atoms with E-state index in [1.807, 2.05) is 0 Å². The van der Waals surface area contributed by atoms with Gasteiger partial charge >= 0.3 is 12.0 Å². The van der Waals surface area contributed by atoms with Crippen molar-refractivity contribution in [2.75, 3.05) is 6.54 Å². The van der Waals surface area contributed by atoms with Crippen LogP contribution in [0.3, 0.4) is 0 Å². The van der Waals surface area contributed by atoms with E-state index < -0.39 is 29.5 Å². The van der Waals surface area contributed by atoms with Crippen molar-refractivity contribution in [1.82, 2.24) is 10.2 Å². The molecule has 112 valence electrons. The predicted molar refractivity (Wildman–Crippen MR) is 70.8 cm³/mol. The summed E-state index contributed by atoms with van der Waals surface area (Å²) < 4.78 is 0. The van der Waals surface area contributed by atoms with Crippen LogP contribution in [0.4, 0.5) is 4.79 Å². The van der Waals surface area contributed by atoms with Crippen molar-refractivity contribution in [2.24, 2.45) is 11.7 Å². The molecule has 0 aromatic heterocycles. The van der Waals surface area contributed by atoms with Crippen LogP contribution in [0.2, 0.25) is 0 Å². The van der Waals surface area contributed by atoms with Crippen molar-refractivity contribution < 1.29 is 19.5 Å². The Morgan fingerprint density at radius 2 is 1.90 bits per heavy atom. The number of aliphatic carboxylic acids is 1. The van der Waals surface area contributed by atoms with Gasteiger partial charge in [0, 0.05) is 6.54 Å². The second kappa shape index (κ2) is 5.30. The van der Waals surface area contributed by atoms with Gasteiger partial charge in [0.25, 0.3) is 0 Å². The van der Waals surface area contributed by atoms with E-state index >= 15 is 0 Å². The maximum absolute atomic E-state index is 12.3. The van der Waals surface area contributed by atoms with Crippen LogP contribution >= 0.6 is 0 Å². The maximum Gasteiger partial charge on any atom is 0.329 e. The fourth-order valence-corrected chi connectivity index (χ4v) is 2.76. The van der Waals surface area contributed by atoms with Crippen LogP contribution < -0.4 is 11.1 Å². The fraction of sp³-hybridized carbons (Fsp3) is 0.769. The number of urea groups is 1. The summed E-state index contributed by atoms with van der Waals surface area (Å²) in [6, 6.07) is -1.15. The molecule has 2 atom stereocenters. The highest BCUT2D eigenvalue weighted by molar-refractivity contribution is 5.90. The number of carbonyl (C=O) groups excluding carboxylic acids is 2. The molecule has 20 heavy (non-hydrogen) atoms. The monoisotopic (exact) mass is 283 g/mol. The van der Waals surface area contributed by atoms with Gasteiger partial charge in [-0.15, -0.1) is 0 Å². The number of nitrogens with two attached hydrogens (primary N) is 1. The number of hydrogen-bond donors (Lipinski definition) is 3. The Morgan fingerprint density at radius 3 is 2.40 bits per heavy atom. The third kappa shape index (κ3) is 2.71. The standard InChI is InChI=1S/C13H21N3O4/c1-13(11(18)19,8-5-6-8)15-12(20)16-7-3-2-4-9(16)10(14)17/h8-9H,2-7H2,1H3,(H2,14,17)(H,15,20)(H,18,19). The number of carboxylic acids is 1. The Balaban J connectivity index is 2.09. The Bertz CT molecular complexity index is 435. The number of carboxylic acid groups (broad SMARTS) is 1. The van der Waals surface area contributed by atoms with Crippen molar-refractivity contribution >= 4 is 17.9 Å². The van der Waals surface area contributed by atoms with E-state index in [4.69, 9.17) is 5.73 Å². The van der Waals surface area contributed by atoms with E-state index in [1.54, 1.807) is 0 Å². The number of carbonyl (C=O) groups is 3. The third-order valence-electron chi connectivity index (χ3n) is 4.30. The predicted octanol–water partition coefficient (Wildman–Crippen LogP) is 0.289. The zero-order valence-electron chi connectivity index (χ0n) is 11.6. The maximum atomic E-state index is 12.3. The van der Waals surface area contributed by atoms with E-state index in [1.165, 1.54) is 11.8 Å². The molecule has 0 aromatic rings. The highest BCUT2D eigenvalue weighted by Crippen LogP contribution is 2.40. The molecule has 1 aliphatic carbocycles. The van der Waals surface area contributed by atoms with Crippen LogP contribution in [0.5, 0.6) is 0 Å². The molecular weight excluding hydrogens is 262 g/mol. The average molecular weight is 283 g/mol. The van der Waals surface area contributed by atoms with Crippen molar-refractivity contribution in [3.8, 4) is 0 Å². The number of likely N-dealkylation sites (tertiary alicyclic amines) is 1. The van der Waals surface area contributed by atoms with Crippen molar-refractivity contribution in [2.45, 2.75) is 50.6 Å². The van der Waals surface area contributed by atoms with E-state index in [2.05, 4.69) is 5.32 Å². The van der Waals surface area contributed by atoms with Crippen LogP contribution in [0, 0.1) is 5.92 Å². The van der Waals surface area contributed by atoms with E-state index in [-0.39, 0.29) is 5.92 Å². The second-order valence-electron chi connectivity index (χ2n) is 5.82. The smallest absolute Gasteiger partial charge is 0.329 e. The number of hydrogen-bond acceptors (Lipinski definition) is 3. The molecule has 0 aromatic carbocycles. The van der Waals surface area contributed by atoms with Gasteiger partial charge in [0.1, 0.15) is 11.6 Å². The molecule has 1 saturated carbocycles. The van der Waals surface area contributed by atoms with Gasteiger partial charge in [-0.25, -0.2) is 9.59 Å². The molecule has 0 spiro atoms. The molecule has 2 fully saturated rings. The molecule has 2 rings (SSSR count). The summed E-state index contributed by atoms with van der Waals surface area (Å²) in [5.74, 6) is -1.62. The summed E-state index contributed by atoms with van der Waals surface area (Å²) in [6.45, 7) is 1.95. The Labute approximate surface area is 117 Å². The number of amides is 3. The SMILES string of the molecule is CC(NC(=O)N1CCCCC1C(N)=O)(C(=O)O)C1CC1. The van der Waals surface area contributed by atoms with Crippen LogP contribution in [0.1, 0.15) is 39.0 Å². The van der Waals surface area contributed by atoms with Crippen molar-refractivity contribution in [3.05, 3.63) is 0 Å². The lowest BCUT2D eigenvalue weighted by molar-refractivity contribution is -0.144. The van der Waals surface area contributed by atoms with E-state index in [0.29, 0.717) is 13.0 Å². The van der Waals surface area contributed by atoms with Crippen LogP contribution in [0.15, 0.2) is 0 Å². The summed E-state index contributed by atoms with van der Waals surface area (Å²) in [4.78, 5) is 36.5. The molecule has 1 heterocycles. The van der Waals surface area contributed by atoms with Crippen LogP contribution in [-0.4, -0.2) is 46.0 Å². The highest BCUT2D eigenvalue weighted by atomic mass is 16.4. The molecule has 0 bridgehead atoms. The molecule has 7 nitrogen and oxygen atoms in total. The van der Waals surface area contributed by atoms with Gasteiger partial charge < -0.3 is 21.1 Å². The minimum atomic E-state index is -1.27. The van der Waals surface area contributed by atoms with Gasteiger partial charge in [-0.3, -0.25) is 4.79 Å². The summed E-state index contributed by atoms with van der Waals surface area (Å²) in [6.07, 6.45) is 3.77. The number of nitrogens with zero attached hydrogens (tertiary/aromatic N) is 1. The molecule has 7 heteroatoms. The summed E-state index contributed by atoms with van der Waals surface area (Å²) >= 11 is 0. The van der Waals surface area contributed by atoms with Crippen molar-refractivity contribution in [1.29, 1.82) is 0 Å². The highest BCUT2D eigenvalue weighted by Gasteiger charge is 2.49. The van der Waals surface area contributed by atoms with Gasteiger partial charge in [0.15, 0.2) is 0 Å². The molecule has 2 unspecified atom stereocenters. The van der Waals surface area contributed by atoms with Crippen LogP contribution in [-0.2, 0) is 9.59 Å². The lowest BCUT2D eigenvalue weighted by Gasteiger charge is -2.36. The van der Waals surface area contributed by atoms with E-state index in [9.17, 15) is 19.5 Å². The molecule has 0 radical (unpaired) electrons. The Kier molecular flexibility index (Phi) is 3.87. The summed E-state index contributed by atoms with van der Waals surface area (Å²) in [7, 11) is 0. The molecule has 3 amide bonds. The minimum Gasteiger partial charge on any atom is -0.480 e. The van der Waals surface area contributed by atoms with Crippen molar-refractivity contribution in [3.63, 3.8) is 0 Å². The topological polar surface area (TPSA) is 113 Å². The Morgan fingerprint density at radius 1 is 1.25 bits per heavy atom. The normalized spacial score (nSPS) is 25.6. The molecule has 2 aliphatic rings. The first-order valence-corrected chi connectivity index (χ1v) is 6.97. The first-order valence-electron chi connectivity index (χ1n) is 6.97. The van der Waals surface area contributed by atoms with Gasteiger partial charge in [-0.05, 0) is 44.9 Å². The lowest BCUT2D eigenvalue weighted by Crippen LogP contribution is -2.61. The number of nitrogens with one attached hydrogen (secondary N) is 1. The molecule has 4 N–H and O–H groups in total. The van der Waals surface area contributed by atoms with Gasteiger partial charge in [0.05, 0.1) is 0 Å². The van der Waals surface area contributed by atoms with Gasteiger partial charge in [0.2, 0.25) is 5.91 Å². The number of primary amides is 1. The summed E-state index contributed by atoms with van der Waals surface area (Å²) in [5, 5.41) is 11.9. The third-order valence-corrected chi connectivity index (χ3v) is 4.30. The first-order chi connectivity index (χ1) is 9.36. The molecular formula is C13H21N3O4. The molecule has 1 saturated heterocycles. The minimum absolute atomic E-state index is 0.0410. The molecule has 1 aliphatic heterocycles. The lowest BCUT2D eigenvalue weighted by atomic mass is 9.96. The second-order valence-corrected chi connectivity index (χ2v) is 5.82. The zero-order valence-corrected chi connectivity index (χ0v) is 11.6. The average Bonchev–Trinajstić information content (AvgIpc) is 3.22. The van der Waals surface area contributed by atoms with E-state index in [0.717, 1.165) is 25.7 Å². The zero-order chi connectivity index (χ0) is 14.9. The quantitative estimate of drug-likeness (QED) is 0.688. The fourth-order valence-electron chi connectivity index (χ4n) is 2.76. The number of rotatable bonds is 4. The summed E-state index contributed by atoms with van der Waals surface area (Å²) in [5.41, 5.74) is 4.05. The van der Waals surface area contributed by atoms with Crippen LogP contribution in [0.25, 0.3) is 0 Å². The van der Waals surface area contributed by atoms with Gasteiger partial charge in [-0.2, -0.15) is 0 Å². The Hall–Kier alpha value is -1.79. The largest absolute Gasteiger partial charge is 0.480 e. The number of piperidine rings is 1. The first kappa shape index (κ1) is 14.6.